The SMILES string of the molecule is Cc1nc(N)sc1C(=O)c1ccccc1. The second-order valence-corrected chi connectivity index (χ2v) is 4.19. The van der Waals surface area contributed by atoms with Crippen LogP contribution >= 0.6 is 11.3 Å². The van der Waals surface area contributed by atoms with Gasteiger partial charge in [0, 0.05) is 5.56 Å². The first-order valence-electron chi connectivity index (χ1n) is 4.51. The van der Waals surface area contributed by atoms with Gasteiger partial charge in [0.2, 0.25) is 5.78 Å². The number of rotatable bonds is 2. The fourth-order valence-electron chi connectivity index (χ4n) is 1.35. The fraction of sp³-hybridized carbons (Fsp3) is 0.0909. The summed E-state index contributed by atoms with van der Waals surface area (Å²) in [6.07, 6.45) is 0. The number of anilines is 1. The number of carbonyl (C=O) groups excluding carboxylic acids is 1. The highest BCUT2D eigenvalue weighted by atomic mass is 32.1. The van der Waals surface area contributed by atoms with E-state index >= 15 is 0 Å². The topological polar surface area (TPSA) is 56.0 Å². The van der Waals surface area contributed by atoms with Crippen LogP contribution in [0, 0.1) is 6.92 Å². The number of thiazole rings is 1. The summed E-state index contributed by atoms with van der Waals surface area (Å²) < 4.78 is 0. The highest BCUT2D eigenvalue weighted by Gasteiger charge is 2.15. The molecule has 0 fully saturated rings. The Bertz CT molecular complexity index is 491. The Balaban J connectivity index is 2.41. The smallest absolute Gasteiger partial charge is 0.204 e. The predicted octanol–water partition coefficient (Wildman–Crippen LogP) is 2.26. The molecule has 0 spiro atoms. The maximum atomic E-state index is 12.0. The van der Waals surface area contributed by atoms with Crippen molar-refractivity contribution < 1.29 is 4.79 Å². The van der Waals surface area contributed by atoms with Crippen LogP contribution in [0.1, 0.15) is 20.9 Å². The molecule has 0 aliphatic rings. The van der Waals surface area contributed by atoms with Crippen LogP contribution in [0.15, 0.2) is 30.3 Å². The van der Waals surface area contributed by atoms with Crippen molar-refractivity contribution in [2.75, 3.05) is 5.73 Å². The second-order valence-electron chi connectivity index (χ2n) is 3.16. The van der Waals surface area contributed by atoms with Crippen LogP contribution in [-0.4, -0.2) is 10.8 Å². The van der Waals surface area contributed by atoms with Gasteiger partial charge in [-0.15, -0.1) is 0 Å². The van der Waals surface area contributed by atoms with Crippen LogP contribution in [0.5, 0.6) is 0 Å². The van der Waals surface area contributed by atoms with E-state index in [0.717, 1.165) is 0 Å². The lowest BCUT2D eigenvalue weighted by molar-refractivity contribution is 0.104. The van der Waals surface area contributed by atoms with Gasteiger partial charge in [-0.3, -0.25) is 4.79 Å². The average Bonchev–Trinajstić information content (AvgIpc) is 2.58. The monoisotopic (exact) mass is 218 g/mol. The molecule has 0 saturated carbocycles. The number of hydrogen-bond donors (Lipinski definition) is 1. The number of carbonyl (C=O) groups is 1. The van der Waals surface area contributed by atoms with Crippen molar-refractivity contribution in [1.82, 2.24) is 4.98 Å². The maximum absolute atomic E-state index is 12.0. The molecule has 76 valence electrons. The molecule has 0 atom stereocenters. The van der Waals surface area contributed by atoms with Crippen LogP contribution in [0.4, 0.5) is 5.13 Å². The number of benzene rings is 1. The lowest BCUT2D eigenvalue weighted by Gasteiger charge is -1.97. The summed E-state index contributed by atoms with van der Waals surface area (Å²) in [4.78, 5) is 16.7. The van der Waals surface area contributed by atoms with Crippen molar-refractivity contribution in [3.63, 3.8) is 0 Å². The molecular formula is C11H10N2OS. The third-order valence-corrected chi connectivity index (χ3v) is 3.04. The van der Waals surface area contributed by atoms with E-state index in [0.29, 0.717) is 21.3 Å². The molecule has 2 rings (SSSR count). The highest BCUT2D eigenvalue weighted by Crippen LogP contribution is 2.22. The Morgan fingerprint density at radius 3 is 2.53 bits per heavy atom. The molecule has 2 aromatic rings. The number of nitrogens with zero attached hydrogens (tertiary/aromatic N) is 1. The van der Waals surface area contributed by atoms with Crippen LogP contribution in [-0.2, 0) is 0 Å². The van der Waals surface area contributed by atoms with Crippen LogP contribution in [0.25, 0.3) is 0 Å². The van der Waals surface area contributed by atoms with E-state index in [4.69, 9.17) is 5.73 Å². The van der Waals surface area contributed by atoms with Gasteiger partial charge in [0.1, 0.15) is 0 Å². The zero-order chi connectivity index (χ0) is 10.8. The summed E-state index contributed by atoms with van der Waals surface area (Å²) in [5, 5.41) is 0.437. The zero-order valence-corrected chi connectivity index (χ0v) is 9.04. The molecule has 0 bridgehead atoms. The Hall–Kier alpha value is -1.68. The van der Waals surface area contributed by atoms with Gasteiger partial charge in [0.05, 0.1) is 10.6 Å². The highest BCUT2D eigenvalue weighted by molar-refractivity contribution is 7.17. The fourth-order valence-corrected chi connectivity index (χ4v) is 2.14. The van der Waals surface area contributed by atoms with Crippen LogP contribution in [0.3, 0.4) is 0 Å². The molecule has 0 aliphatic carbocycles. The summed E-state index contributed by atoms with van der Waals surface area (Å²) in [6.45, 7) is 1.79. The minimum absolute atomic E-state index is 0.0118. The van der Waals surface area contributed by atoms with Crippen molar-refractivity contribution in [1.29, 1.82) is 0 Å². The molecule has 1 aromatic carbocycles. The summed E-state index contributed by atoms with van der Waals surface area (Å²) in [5.74, 6) is -0.0118. The van der Waals surface area contributed by atoms with E-state index in [9.17, 15) is 4.79 Å². The summed E-state index contributed by atoms with van der Waals surface area (Å²) in [5.41, 5.74) is 6.92. The first-order valence-corrected chi connectivity index (χ1v) is 5.33. The Morgan fingerprint density at radius 2 is 2.00 bits per heavy atom. The minimum atomic E-state index is -0.0118. The van der Waals surface area contributed by atoms with Crippen molar-refractivity contribution >= 4 is 22.3 Å². The van der Waals surface area contributed by atoms with Gasteiger partial charge in [-0.1, -0.05) is 41.7 Å². The molecule has 15 heavy (non-hydrogen) atoms. The standard InChI is InChI=1S/C11H10N2OS/c1-7-10(15-11(12)13-7)9(14)8-5-3-2-4-6-8/h2-6H,1H3,(H2,12,13). The zero-order valence-electron chi connectivity index (χ0n) is 8.23. The molecule has 0 radical (unpaired) electrons. The number of nitrogens with two attached hydrogens (primary N) is 1. The molecule has 0 saturated heterocycles. The van der Waals surface area contributed by atoms with E-state index in [1.165, 1.54) is 11.3 Å². The lowest BCUT2D eigenvalue weighted by Crippen LogP contribution is -1.99. The molecule has 0 unspecified atom stereocenters. The predicted molar refractivity (Wildman–Crippen MR) is 61.1 cm³/mol. The van der Waals surface area contributed by atoms with Gasteiger partial charge in [-0.05, 0) is 6.92 Å². The molecular weight excluding hydrogens is 208 g/mol. The summed E-state index contributed by atoms with van der Waals surface area (Å²) in [6, 6.07) is 9.14. The Morgan fingerprint density at radius 1 is 1.33 bits per heavy atom. The van der Waals surface area contributed by atoms with Crippen LogP contribution < -0.4 is 5.73 Å². The summed E-state index contributed by atoms with van der Waals surface area (Å²) >= 11 is 1.23. The molecule has 0 amide bonds. The third kappa shape index (κ3) is 1.89. The average molecular weight is 218 g/mol. The Kier molecular flexibility index (Phi) is 2.51. The molecule has 4 heteroatoms. The van der Waals surface area contributed by atoms with Gasteiger partial charge in [0.25, 0.3) is 0 Å². The molecule has 3 nitrogen and oxygen atoms in total. The number of aromatic nitrogens is 1. The van der Waals surface area contributed by atoms with Gasteiger partial charge in [-0.2, -0.15) is 0 Å². The first kappa shape index (κ1) is 9.86. The van der Waals surface area contributed by atoms with Crippen molar-refractivity contribution in [3.05, 3.63) is 46.5 Å². The minimum Gasteiger partial charge on any atom is -0.375 e. The van der Waals surface area contributed by atoms with Crippen molar-refractivity contribution in [2.45, 2.75) is 6.92 Å². The summed E-state index contributed by atoms with van der Waals surface area (Å²) in [7, 11) is 0. The van der Waals surface area contributed by atoms with E-state index in [2.05, 4.69) is 4.98 Å². The number of hydrogen-bond acceptors (Lipinski definition) is 4. The number of nitrogen functional groups attached to an aromatic ring is 1. The van der Waals surface area contributed by atoms with Gasteiger partial charge in [0.15, 0.2) is 5.13 Å². The van der Waals surface area contributed by atoms with E-state index in [1.807, 2.05) is 18.2 Å². The maximum Gasteiger partial charge on any atom is 0.204 e. The first-order chi connectivity index (χ1) is 7.18. The normalized spacial score (nSPS) is 10.2. The van der Waals surface area contributed by atoms with E-state index in [1.54, 1.807) is 19.1 Å². The van der Waals surface area contributed by atoms with Crippen LogP contribution in [0.2, 0.25) is 0 Å². The molecule has 2 N–H and O–H groups in total. The number of ketones is 1. The van der Waals surface area contributed by atoms with Crippen molar-refractivity contribution in [2.24, 2.45) is 0 Å². The lowest BCUT2D eigenvalue weighted by atomic mass is 10.1. The second kappa shape index (κ2) is 3.82. The Labute approximate surface area is 91.6 Å². The molecule has 0 aliphatic heterocycles. The molecule has 1 aromatic heterocycles. The quantitative estimate of drug-likeness (QED) is 0.787. The van der Waals surface area contributed by atoms with E-state index < -0.39 is 0 Å². The van der Waals surface area contributed by atoms with Crippen molar-refractivity contribution in [3.8, 4) is 0 Å². The third-order valence-electron chi connectivity index (χ3n) is 2.06. The largest absolute Gasteiger partial charge is 0.375 e. The van der Waals surface area contributed by atoms with E-state index in [-0.39, 0.29) is 5.78 Å². The van der Waals surface area contributed by atoms with Gasteiger partial charge in [-0.25, -0.2) is 4.98 Å². The number of aryl methyl sites for hydroxylation is 1. The molecule has 1 heterocycles. The van der Waals surface area contributed by atoms with Gasteiger partial charge < -0.3 is 5.73 Å². The van der Waals surface area contributed by atoms with Gasteiger partial charge >= 0.3 is 0 Å².